The minimum absolute atomic E-state index is 0.225. The number of aliphatic hydroxyl groups excluding tert-OH is 8. The average Bonchev–Trinajstić information content (AvgIpc) is 3.06. The van der Waals surface area contributed by atoms with Crippen LogP contribution in [0.4, 0.5) is 0 Å². The van der Waals surface area contributed by atoms with Gasteiger partial charge in [0, 0.05) is 6.42 Å². The predicted molar refractivity (Wildman–Crippen MR) is 169 cm³/mol. The molecule has 2 rings (SSSR count). The first-order valence-electron chi connectivity index (χ1n) is 17.0. The van der Waals surface area contributed by atoms with Gasteiger partial charge in [0.05, 0.1) is 19.8 Å². The van der Waals surface area contributed by atoms with Gasteiger partial charge in [-0.3, -0.25) is 4.79 Å². The number of hydrogen-bond acceptors (Lipinski definition) is 14. The van der Waals surface area contributed by atoms with E-state index in [4.69, 9.17) is 23.7 Å². The molecule has 11 atom stereocenters. The number of ether oxygens (including phenoxy) is 5. The first-order chi connectivity index (χ1) is 22.6. The van der Waals surface area contributed by atoms with E-state index in [1.54, 1.807) is 0 Å². The largest absolute Gasteiger partial charge is 0.463 e. The number of hydrogen-bond donors (Lipinski definition) is 8. The van der Waals surface area contributed by atoms with Crippen molar-refractivity contribution in [3.05, 3.63) is 24.3 Å². The lowest BCUT2D eigenvalue weighted by atomic mass is 9.98. The Morgan fingerprint density at radius 2 is 1.23 bits per heavy atom. The van der Waals surface area contributed by atoms with Crippen LogP contribution < -0.4 is 0 Å². The van der Waals surface area contributed by atoms with Gasteiger partial charge in [0.1, 0.15) is 61.5 Å². The van der Waals surface area contributed by atoms with Gasteiger partial charge in [0.2, 0.25) is 0 Å². The molecule has 2 aliphatic heterocycles. The summed E-state index contributed by atoms with van der Waals surface area (Å²) in [6.07, 6.45) is 4.08. The summed E-state index contributed by atoms with van der Waals surface area (Å²) in [5, 5.41) is 80.3. The number of carbonyl (C=O) groups is 1. The van der Waals surface area contributed by atoms with Gasteiger partial charge in [-0.25, -0.2) is 0 Å². The smallest absolute Gasteiger partial charge is 0.305 e. The maximum absolute atomic E-state index is 12.1. The summed E-state index contributed by atoms with van der Waals surface area (Å²) >= 11 is 0. The summed E-state index contributed by atoms with van der Waals surface area (Å²) < 4.78 is 26.6. The monoisotopic (exact) mass is 678 g/mol. The summed E-state index contributed by atoms with van der Waals surface area (Å²) in [6, 6.07) is 0. The van der Waals surface area contributed by atoms with E-state index in [0.717, 1.165) is 44.9 Å². The van der Waals surface area contributed by atoms with Crippen molar-refractivity contribution in [1.82, 2.24) is 0 Å². The second kappa shape index (κ2) is 23.8. The van der Waals surface area contributed by atoms with Crippen LogP contribution in [0.5, 0.6) is 0 Å². The number of unbranched alkanes of at least 4 members (excludes halogenated alkanes) is 8. The molecule has 14 heteroatoms. The molecule has 0 radical (unpaired) electrons. The molecule has 274 valence electrons. The zero-order valence-electron chi connectivity index (χ0n) is 27.5. The molecule has 11 unspecified atom stereocenters. The Morgan fingerprint density at radius 1 is 0.681 bits per heavy atom. The maximum Gasteiger partial charge on any atom is 0.305 e. The standard InChI is InChI=1S/C33H58O14/c1-2-3-4-5-6-7-8-9-10-11-12-13-14-15-16-17-25(36)43-19-22(35)20-44-32-31(42)29(40)27(38)24(47-32)21-45-33-30(41)28(39)26(37)23(18-34)46-33/h6-7,9-10,22-24,26-35,37-42H,2-5,8,11-21H2,1H3. The average molecular weight is 679 g/mol. The lowest BCUT2D eigenvalue weighted by Gasteiger charge is -2.42. The van der Waals surface area contributed by atoms with Crippen LogP contribution in [0.15, 0.2) is 24.3 Å². The first-order valence-corrected chi connectivity index (χ1v) is 17.0. The molecular formula is C33H58O14. The highest BCUT2D eigenvalue weighted by Crippen LogP contribution is 2.26. The van der Waals surface area contributed by atoms with Gasteiger partial charge in [-0.05, 0) is 38.5 Å². The fraction of sp³-hybridized carbons (Fsp3) is 0.848. The first kappa shape index (κ1) is 41.6. The summed E-state index contributed by atoms with van der Waals surface area (Å²) in [7, 11) is 0. The van der Waals surface area contributed by atoms with E-state index < -0.39 is 93.3 Å². The van der Waals surface area contributed by atoms with Crippen LogP contribution in [0.25, 0.3) is 0 Å². The van der Waals surface area contributed by atoms with Crippen LogP contribution in [0, 0.1) is 0 Å². The van der Waals surface area contributed by atoms with Crippen LogP contribution in [0.2, 0.25) is 0 Å². The van der Waals surface area contributed by atoms with Gasteiger partial charge in [-0.15, -0.1) is 0 Å². The number of allylic oxidation sites excluding steroid dienone is 4. The Balaban J connectivity index is 1.58. The van der Waals surface area contributed by atoms with Gasteiger partial charge in [-0.1, -0.05) is 63.3 Å². The lowest BCUT2D eigenvalue weighted by Crippen LogP contribution is -2.61. The van der Waals surface area contributed by atoms with Crippen molar-refractivity contribution in [2.75, 3.05) is 26.4 Å². The highest BCUT2D eigenvalue weighted by atomic mass is 16.7. The molecule has 0 aromatic carbocycles. The summed E-state index contributed by atoms with van der Waals surface area (Å²) in [5.41, 5.74) is 0. The van der Waals surface area contributed by atoms with Crippen molar-refractivity contribution in [2.24, 2.45) is 0 Å². The molecule has 0 aromatic rings. The molecule has 8 N–H and O–H groups in total. The zero-order valence-corrected chi connectivity index (χ0v) is 27.5. The van der Waals surface area contributed by atoms with Crippen molar-refractivity contribution in [1.29, 1.82) is 0 Å². The molecule has 47 heavy (non-hydrogen) atoms. The molecule has 2 fully saturated rings. The Kier molecular flexibility index (Phi) is 21.1. The van der Waals surface area contributed by atoms with Crippen LogP contribution in [-0.2, 0) is 28.5 Å². The molecular weight excluding hydrogens is 620 g/mol. The van der Waals surface area contributed by atoms with E-state index in [-0.39, 0.29) is 13.0 Å². The fourth-order valence-corrected chi connectivity index (χ4v) is 5.18. The molecule has 0 aliphatic carbocycles. The van der Waals surface area contributed by atoms with E-state index in [9.17, 15) is 45.6 Å². The number of carbonyl (C=O) groups excluding carboxylic acids is 1. The molecule has 0 amide bonds. The van der Waals surface area contributed by atoms with Crippen LogP contribution >= 0.6 is 0 Å². The van der Waals surface area contributed by atoms with E-state index in [2.05, 4.69) is 31.2 Å². The Morgan fingerprint density at radius 3 is 1.87 bits per heavy atom. The van der Waals surface area contributed by atoms with Crippen molar-refractivity contribution < 1.29 is 69.3 Å². The van der Waals surface area contributed by atoms with Gasteiger partial charge < -0.3 is 64.5 Å². The molecule has 0 spiro atoms. The maximum atomic E-state index is 12.1. The molecule has 0 saturated carbocycles. The van der Waals surface area contributed by atoms with Crippen LogP contribution in [0.1, 0.15) is 84.0 Å². The SMILES string of the molecule is CCCCCC=CCC=CCCCCCCCC(=O)OCC(O)COC1OC(COC2OC(CO)C(O)C(O)C2O)C(O)C(O)C1O. The van der Waals surface area contributed by atoms with Gasteiger partial charge in [0.25, 0.3) is 0 Å². The Labute approximate surface area is 277 Å². The fourth-order valence-electron chi connectivity index (χ4n) is 5.18. The predicted octanol–water partition coefficient (Wildman–Crippen LogP) is 0.345. The summed E-state index contributed by atoms with van der Waals surface area (Å²) in [4.78, 5) is 12.1. The van der Waals surface area contributed by atoms with Crippen molar-refractivity contribution in [3.8, 4) is 0 Å². The normalized spacial score (nSPS) is 32.3. The topological polar surface area (TPSA) is 225 Å². The quantitative estimate of drug-likeness (QED) is 0.0415. The van der Waals surface area contributed by atoms with E-state index in [1.165, 1.54) is 19.3 Å². The minimum Gasteiger partial charge on any atom is -0.463 e. The van der Waals surface area contributed by atoms with Crippen LogP contribution in [0.3, 0.4) is 0 Å². The van der Waals surface area contributed by atoms with Gasteiger partial charge in [-0.2, -0.15) is 0 Å². The van der Waals surface area contributed by atoms with Gasteiger partial charge in [0.15, 0.2) is 12.6 Å². The second-order valence-electron chi connectivity index (χ2n) is 12.2. The molecule has 14 nitrogen and oxygen atoms in total. The van der Waals surface area contributed by atoms with Crippen LogP contribution in [-0.4, -0.2) is 141 Å². The molecule has 0 bridgehead atoms. The second-order valence-corrected chi connectivity index (χ2v) is 12.2. The molecule has 2 heterocycles. The molecule has 2 aliphatic rings. The summed E-state index contributed by atoms with van der Waals surface area (Å²) in [5.74, 6) is -0.451. The zero-order chi connectivity index (χ0) is 34.6. The lowest BCUT2D eigenvalue weighted by molar-refractivity contribution is -0.332. The number of esters is 1. The van der Waals surface area contributed by atoms with Crippen molar-refractivity contribution >= 4 is 5.97 Å². The number of aliphatic hydroxyl groups is 8. The number of rotatable bonds is 23. The molecule has 0 aromatic heterocycles. The third-order valence-electron chi connectivity index (χ3n) is 8.16. The van der Waals surface area contributed by atoms with E-state index in [1.807, 2.05) is 0 Å². The van der Waals surface area contributed by atoms with Gasteiger partial charge >= 0.3 is 5.97 Å². The van der Waals surface area contributed by atoms with E-state index >= 15 is 0 Å². The van der Waals surface area contributed by atoms with Crippen molar-refractivity contribution in [3.63, 3.8) is 0 Å². The Bertz CT molecular complexity index is 885. The van der Waals surface area contributed by atoms with E-state index in [0.29, 0.717) is 6.42 Å². The van der Waals surface area contributed by atoms with Crippen molar-refractivity contribution in [2.45, 2.75) is 151 Å². The third kappa shape index (κ3) is 15.3. The Hall–Kier alpha value is -1.53. The minimum atomic E-state index is -1.73. The highest BCUT2D eigenvalue weighted by Gasteiger charge is 2.47. The summed E-state index contributed by atoms with van der Waals surface area (Å²) in [6.45, 7) is 0.250. The molecule has 2 saturated heterocycles. The highest BCUT2D eigenvalue weighted by molar-refractivity contribution is 5.69. The third-order valence-corrected chi connectivity index (χ3v) is 8.16.